The molecule has 0 aromatic carbocycles. The maximum atomic E-state index is 12.8. The quantitative estimate of drug-likeness (QED) is 0.878. The number of anilines is 1. The fraction of sp³-hybridized carbons (Fsp3) is 0.647. The highest BCUT2D eigenvalue weighted by atomic mass is 19.4. The van der Waals surface area contributed by atoms with Gasteiger partial charge in [0.05, 0.1) is 6.54 Å². The minimum absolute atomic E-state index is 0.101. The third kappa shape index (κ3) is 4.20. The Balaban J connectivity index is 1.31. The zero-order chi connectivity index (χ0) is 18.9. The Morgan fingerprint density at radius 3 is 2.67 bits per heavy atom. The molecule has 0 atom stereocenters. The van der Waals surface area contributed by atoms with Crippen LogP contribution in [0.4, 0.5) is 19.0 Å². The van der Waals surface area contributed by atoms with Gasteiger partial charge < -0.3 is 9.88 Å². The monoisotopic (exact) mass is 381 g/mol. The van der Waals surface area contributed by atoms with Crippen molar-refractivity contribution in [1.82, 2.24) is 29.6 Å². The molecule has 2 aromatic heterocycles. The summed E-state index contributed by atoms with van der Waals surface area (Å²) in [6.45, 7) is 3.48. The van der Waals surface area contributed by atoms with Crippen LogP contribution in [0, 0.1) is 0 Å². The highest BCUT2D eigenvalue weighted by Gasteiger charge is 2.33. The number of likely N-dealkylation sites (tertiary alicyclic amines) is 1. The van der Waals surface area contributed by atoms with E-state index in [0.29, 0.717) is 0 Å². The van der Waals surface area contributed by atoms with Crippen molar-refractivity contribution in [3.05, 3.63) is 29.7 Å². The summed E-state index contributed by atoms with van der Waals surface area (Å²) in [4.78, 5) is 9.54. The van der Waals surface area contributed by atoms with E-state index in [1.54, 1.807) is 0 Å². The lowest BCUT2D eigenvalue weighted by Crippen LogP contribution is -2.39. The van der Waals surface area contributed by atoms with Crippen LogP contribution >= 0.6 is 0 Å². The Morgan fingerprint density at radius 2 is 1.89 bits per heavy atom. The van der Waals surface area contributed by atoms with Crippen LogP contribution in [0.25, 0.3) is 0 Å². The van der Waals surface area contributed by atoms with Gasteiger partial charge in [0.15, 0.2) is 0 Å². The maximum absolute atomic E-state index is 12.8. The second-order valence-electron chi connectivity index (χ2n) is 7.12. The molecule has 0 bridgehead atoms. The largest absolute Gasteiger partial charge is 0.433 e. The van der Waals surface area contributed by atoms with Gasteiger partial charge in [0, 0.05) is 38.2 Å². The number of fused-ring (bicyclic) bond motifs is 1. The lowest BCUT2D eigenvalue weighted by molar-refractivity contribution is -0.141. The molecule has 0 amide bonds. The molecule has 4 heterocycles. The van der Waals surface area contributed by atoms with Gasteiger partial charge in [0.1, 0.15) is 29.5 Å². The molecule has 0 radical (unpaired) electrons. The number of alkyl halides is 3. The van der Waals surface area contributed by atoms with Gasteiger partial charge in [-0.25, -0.2) is 9.97 Å². The first-order chi connectivity index (χ1) is 13.0. The van der Waals surface area contributed by atoms with E-state index < -0.39 is 11.9 Å². The number of halogens is 3. The van der Waals surface area contributed by atoms with Crippen molar-refractivity contribution < 1.29 is 13.2 Å². The summed E-state index contributed by atoms with van der Waals surface area (Å²) in [6.07, 6.45) is 1.52. The van der Waals surface area contributed by atoms with Gasteiger partial charge in [-0.2, -0.15) is 13.2 Å². The van der Waals surface area contributed by atoms with Gasteiger partial charge in [0.2, 0.25) is 0 Å². The summed E-state index contributed by atoms with van der Waals surface area (Å²) in [5.41, 5.74) is -0.922. The molecule has 2 aromatic rings. The molecule has 2 aliphatic heterocycles. The van der Waals surface area contributed by atoms with Gasteiger partial charge >= 0.3 is 6.18 Å². The summed E-state index contributed by atoms with van der Waals surface area (Å²) in [5.74, 6) is 2.32. The van der Waals surface area contributed by atoms with Crippen LogP contribution in [-0.4, -0.2) is 48.8 Å². The molecule has 0 spiro atoms. The molecule has 27 heavy (non-hydrogen) atoms. The standard InChI is InChI=1S/C17H22F3N7/c18-17(19,20)13-9-14(22-11-21-13)23-12-4-7-26(8-5-12)10-16-25-24-15-3-1-2-6-27(15)16/h9,11-12H,1-8,10H2,(H,21,22,23). The number of piperidine rings is 1. The van der Waals surface area contributed by atoms with E-state index in [2.05, 4.69) is 34.9 Å². The first-order valence-electron chi connectivity index (χ1n) is 9.28. The topological polar surface area (TPSA) is 71.8 Å². The van der Waals surface area contributed by atoms with E-state index in [0.717, 1.165) is 69.5 Å². The van der Waals surface area contributed by atoms with Gasteiger partial charge in [-0.1, -0.05) is 0 Å². The van der Waals surface area contributed by atoms with Crippen molar-refractivity contribution in [2.45, 2.75) is 57.4 Å². The lowest BCUT2D eigenvalue weighted by Gasteiger charge is -2.32. The molecular formula is C17H22F3N7. The summed E-state index contributed by atoms with van der Waals surface area (Å²) in [7, 11) is 0. The molecule has 1 N–H and O–H groups in total. The van der Waals surface area contributed by atoms with Crippen molar-refractivity contribution in [2.75, 3.05) is 18.4 Å². The van der Waals surface area contributed by atoms with E-state index in [-0.39, 0.29) is 11.9 Å². The number of nitrogens with zero attached hydrogens (tertiary/aromatic N) is 6. The Labute approximate surface area is 155 Å². The molecule has 2 aliphatic rings. The predicted molar refractivity (Wildman–Crippen MR) is 91.9 cm³/mol. The first-order valence-corrected chi connectivity index (χ1v) is 9.28. The van der Waals surface area contributed by atoms with Crippen LogP contribution in [-0.2, 0) is 25.7 Å². The second kappa shape index (κ2) is 7.41. The zero-order valence-electron chi connectivity index (χ0n) is 14.9. The average Bonchev–Trinajstić information content (AvgIpc) is 3.06. The molecule has 0 saturated carbocycles. The number of hydrogen-bond acceptors (Lipinski definition) is 6. The van der Waals surface area contributed by atoms with E-state index in [9.17, 15) is 13.2 Å². The SMILES string of the molecule is FC(F)(F)c1cc(NC2CCN(Cc3nnc4n3CCCC4)CC2)ncn1. The van der Waals surface area contributed by atoms with Crippen molar-refractivity contribution in [3.8, 4) is 0 Å². The van der Waals surface area contributed by atoms with Crippen LogP contribution in [0.1, 0.15) is 43.0 Å². The normalized spacial score (nSPS) is 19.1. The van der Waals surface area contributed by atoms with Crippen LogP contribution in [0.3, 0.4) is 0 Å². The Hall–Kier alpha value is -2.23. The van der Waals surface area contributed by atoms with Crippen molar-refractivity contribution in [3.63, 3.8) is 0 Å². The molecule has 0 unspecified atom stereocenters. The van der Waals surface area contributed by atoms with Crippen LogP contribution in [0.2, 0.25) is 0 Å². The van der Waals surface area contributed by atoms with E-state index in [1.807, 2.05) is 0 Å². The molecule has 1 saturated heterocycles. The molecular weight excluding hydrogens is 359 g/mol. The second-order valence-corrected chi connectivity index (χ2v) is 7.12. The van der Waals surface area contributed by atoms with E-state index in [1.165, 1.54) is 12.8 Å². The predicted octanol–water partition coefficient (Wildman–Crippen LogP) is 2.50. The highest BCUT2D eigenvalue weighted by molar-refractivity contribution is 5.36. The third-order valence-electron chi connectivity index (χ3n) is 5.20. The van der Waals surface area contributed by atoms with Gasteiger partial charge in [-0.15, -0.1) is 10.2 Å². The minimum Gasteiger partial charge on any atom is -0.367 e. The molecule has 4 rings (SSSR count). The number of nitrogens with one attached hydrogen (secondary N) is 1. The van der Waals surface area contributed by atoms with Gasteiger partial charge in [-0.3, -0.25) is 4.90 Å². The Bertz CT molecular complexity index is 781. The van der Waals surface area contributed by atoms with E-state index in [4.69, 9.17) is 0 Å². The fourth-order valence-electron chi connectivity index (χ4n) is 3.72. The lowest BCUT2D eigenvalue weighted by atomic mass is 10.0. The van der Waals surface area contributed by atoms with E-state index >= 15 is 0 Å². The van der Waals surface area contributed by atoms with Crippen LogP contribution in [0.15, 0.2) is 12.4 Å². The third-order valence-corrected chi connectivity index (χ3v) is 5.20. The zero-order valence-corrected chi connectivity index (χ0v) is 14.9. The van der Waals surface area contributed by atoms with Crippen molar-refractivity contribution >= 4 is 5.82 Å². The number of hydrogen-bond donors (Lipinski definition) is 1. The highest BCUT2D eigenvalue weighted by Crippen LogP contribution is 2.28. The smallest absolute Gasteiger partial charge is 0.367 e. The fourth-order valence-corrected chi connectivity index (χ4v) is 3.72. The Morgan fingerprint density at radius 1 is 1.07 bits per heavy atom. The summed E-state index contributed by atoms with van der Waals surface area (Å²) in [6, 6.07) is 1.07. The number of rotatable bonds is 4. The summed E-state index contributed by atoms with van der Waals surface area (Å²) < 4.78 is 40.5. The molecule has 1 fully saturated rings. The summed E-state index contributed by atoms with van der Waals surface area (Å²) in [5, 5.41) is 11.7. The molecule has 10 heteroatoms. The molecule has 146 valence electrons. The first kappa shape index (κ1) is 18.1. The molecule has 0 aliphatic carbocycles. The van der Waals surface area contributed by atoms with Crippen LogP contribution < -0.4 is 5.32 Å². The molecule has 7 nitrogen and oxygen atoms in total. The number of aryl methyl sites for hydroxylation is 1. The van der Waals surface area contributed by atoms with Gasteiger partial charge in [-0.05, 0) is 25.7 Å². The average molecular weight is 381 g/mol. The number of aromatic nitrogens is 5. The van der Waals surface area contributed by atoms with Crippen molar-refractivity contribution in [2.24, 2.45) is 0 Å². The van der Waals surface area contributed by atoms with Crippen molar-refractivity contribution in [1.29, 1.82) is 0 Å². The minimum atomic E-state index is -4.46. The maximum Gasteiger partial charge on any atom is 0.433 e. The van der Waals surface area contributed by atoms with Gasteiger partial charge in [0.25, 0.3) is 0 Å². The van der Waals surface area contributed by atoms with Crippen LogP contribution in [0.5, 0.6) is 0 Å². The summed E-state index contributed by atoms with van der Waals surface area (Å²) >= 11 is 0. The Kier molecular flexibility index (Phi) is 4.98.